The van der Waals surface area contributed by atoms with Gasteiger partial charge in [0, 0.05) is 23.0 Å². The third-order valence-corrected chi connectivity index (χ3v) is 5.75. The Bertz CT molecular complexity index is 602. The lowest BCUT2D eigenvalue weighted by Crippen LogP contribution is -2.43. The van der Waals surface area contributed by atoms with Crippen molar-refractivity contribution in [2.45, 2.75) is 85.1 Å². The maximum atomic E-state index is 11.6. The summed E-state index contributed by atoms with van der Waals surface area (Å²) in [4.78, 5) is 46.3. The number of thiol groups is 4. The number of hydrogen-bond acceptors (Lipinski definition) is 16. The molecule has 12 nitrogen and oxygen atoms in total. The van der Waals surface area contributed by atoms with Crippen LogP contribution in [0.1, 0.15) is 85.1 Å². The van der Waals surface area contributed by atoms with Gasteiger partial charge in [0.25, 0.3) is 0 Å². The van der Waals surface area contributed by atoms with Gasteiger partial charge in [-0.3, -0.25) is 19.2 Å². The van der Waals surface area contributed by atoms with E-state index in [1.807, 2.05) is 0 Å². The molecule has 0 saturated carbocycles. The van der Waals surface area contributed by atoms with Crippen LogP contribution in [0.3, 0.4) is 0 Å². The second-order valence-corrected chi connectivity index (χ2v) is 10.3. The van der Waals surface area contributed by atoms with Gasteiger partial charge in [-0.1, -0.05) is 59.4 Å². The van der Waals surface area contributed by atoms with Crippen LogP contribution in [0.2, 0.25) is 0 Å². The molecule has 0 bridgehead atoms. The van der Waals surface area contributed by atoms with E-state index in [1.54, 1.807) is 0 Å². The molecule has 0 aliphatic rings. The van der Waals surface area contributed by atoms with Crippen LogP contribution in [0.15, 0.2) is 0 Å². The van der Waals surface area contributed by atoms with Gasteiger partial charge >= 0.3 is 23.9 Å². The maximum Gasteiger partial charge on any atom is 0.306 e. The van der Waals surface area contributed by atoms with Crippen molar-refractivity contribution in [2.24, 2.45) is 5.41 Å². The molecular formula is C33H76O12S4. The summed E-state index contributed by atoms with van der Waals surface area (Å²) in [6.07, 6.45) is 0.771. The molecule has 0 aliphatic carbocycles. The summed E-state index contributed by atoms with van der Waals surface area (Å²) in [6.45, 7) is 1.03. The van der Waals surface area contributed by atoms with E-state index in [-0.39, 0.29) is 188 Å². The lowest BCUT2D eigenvalue weighted by Gasteiger charge is -2.33. The molecule has 304 valence electrons. The fourth-order valence-electron chi connectivity index (χ4n) is 2.92. The Labute approximate surface area is 323 Å². The number of esters is 4. The predicted octanol–water partition coefficient (Wildman–Crippen LogP) is 6.58. The van der Waals surface area contributed by atoms with Gasteiger partial charge in [-0.05, 0) is 0 Å². The third kappa shape index (κ3) is 43.2. The zero-order valence-electron chi connectivity index (χ0n) is 23.3. The first-order valence-corrected chi connectivity index (χ1v) is 15.7. The Morgan fingerprint density at radius 2 is 0.531 bits per heavy atom. The average molecular weight is 793 g/mol. The second kappa shape index (κ2) is 49.2. The zero-order chi connectivity index (χ0) is 30.6. The smallest absolute Gasteiger partial charge is 0.306 e. The van der Waals surface area contributed by atoms with Crippen molar-refractivity contribution in [1.29, 1.82) is 0 Å². The fourth-order valence-corrected chi connectivity index (χ4v) is 3.65. The number of ether oxygens (including phenoxy) is 8. The monoisotopic (exact) mass is 792 g/mol. The molecule has 0 aromatic heterocycles. The van der Waals surface area contributed by atoms with Gasteiger partial charge in [0.1, 0.15) is 26.4 Å². The van der Waals surface area contributed by atoms with Gasteiger partial charge in [0.2, 0.25) is 0 Å². The topological polar surface area (TPSA) is 142 Å². The standard InChI is InChI=1S/C25H44O12S4.8CH4/c26-21(1-13-38)34-9-5-30-17-25(18-31-6-10-35-22(27)2-14-39,19-32-7-11-36-23(28)3-15-40)20-33-8-12-37-24(29)4-16-41;;;;;;;;/h38-41H,1-20H2;8*1H4. The molecule has 0 radical (unpaired) electrons. The minimum atomic E-state index is -0.853. The molecule has 0 aromatic rings. The van der Waals surface area contributed by atoms with Crippen molar-refractivity contribution in [3.05, 3.63) is 0 Å². The molecule has 0 fully saturated rings. The largest absolute Gasteiger partial charge is 0.463 e. The summed E-state index contributed by atoms with van der Waals surface area (Å²) in [6, 6.07) is 0. The van der Waals surface area contributed by atoms with E-state index in [2.05, 4.69) is 50.5 Å². The van der Waals surface area contributed by atoms with Crippen molar-refractivity contribution < 1.29 is 57.1 Å². The number of carbonyl (C=O) groups excluding carboxylic acids is 4. The average Bonchev–Trinajstić information content (AvgIpc) is 2.93. The molecule has 0 spiro atoms. The molecule has 0 saturated heterocycles. The highest BCUT2D eigenvalue weighted by Gasteiger charge is 2.33. The first-order chi connectivity index (χ1) is 19.8. The molecule has 0 aromatic carbocycles. The highest BCUT2D eigenvalue weighted by molar-refractivity contribution is 7.80. The molecule has 0 unspecified atom stereocenters. The third-order valence-electron chi connectivity index (χ3n) is 4.86. The Hall–Kier alpha value is -0.880. The van der Waals surface area contributed by atoms with Crippen molar-refractivity contribution in [2.75, 3.05) is 102 Å². The van der Waals surface area contributed by atoms with Crippen LogP contribution in [-0.2, 0) is 57.1 Å². The van der Waals surface area contributed by atoms with Gasteiger partial charge in [0.05, 0.1) is 84.0 Å². The summed E-state index contributed by atoms with van der Waals surface area (Å²) in [5, 5.41) is 0. The zero-order valence-corrected chi connectivity index (χ0v) is 26.9. The van der Waals surface area contributed by atoms with E-state index in [9.17, 15) is 19.2 Å². The summed E-state index contributed by atoms with van der Waals surface area (Å²) in [5.74, 6) is 0.0163. The van der Waals surface area contributed by atoms with E-state index >= 15 is 0 Å². The molecular weight excluding hydrogens is 717 g/mol. The van der Waals surface area contributed by atoms with E-state index < -0.39 is 5.41 Å². The highest BCUT2D eigenvalue weighted by atomic mass is 32.1. The van der Waals surface area contributed by atoms with Gasteiger partial charge < -0.3 is 37.9 Å². The Kier molecular flexibility index (Phi) is 70.1. The fraction of sp³-hybridized carbons (Fsp3) is 0.879. The molecule has 0 N–H and O–H groups in total. The Morgan fingerprint density at radius 1 is 0.347 bits per heavy atom. The second-order valence-electron chi connectivity index (χ2n) is 8.49. The van der Waals surface area contributed by atoms with Crippen LogP contribution in [0.5, 0.6) is 0 Å². The minimum absolute atomic E-state index is 0. The summed E-state index contributed by atoms with van der Waals surface area (Å²) in [7, 11) is 0. The lowest BCUT2D eigenvalue weighted by molar-refractivity contribution is -0.151. The van der Waals surface area contributed by atoms with Crippen molar-refractivity contribution in [3.63, 3.8) is 0 Å². The van der Waals surface area contributed by atoms with Gasteiger partial charge in [0.15, 0.2) is 0 Å². The summed E-state index contributed by atoms with van der Waals surface area (Å²) >= 11 is 16.0. The predicted molar refractivity (Wildman–Crippen MR) is 217 cm³/mol. The molecule has 0 aliphatic heterocycles. The summed E-state index contributed by atoms with van der Waals surface area (Å²) in [5.41, 5.74) is -0.853. The molecule has 0 rings (SSSR count). The van der Waals surface area contributed by atoms with E-state index in [4.69, 9.17) is 37.9 Å². The van der Waals surface area contributed by atoms with Crippen molar-refractivity contribution >= 4 is 74.4 Å². The minimum Gasteiger partial charge on any atom is -0.463 e. The first-order valence-electron chi connectivity index (χ1n) is 13.2. The van der Waals surface area contributed by atoms with E-state index in [1.165, 1.54) is 0 Å². The van der Waals surface area contributed by atoms with Crippen LogP contribution in [0, 0.1) is 5.41 Å². The lowest BCUT2D eigenvalue weighted by atomic mass is 9.92. The normalized spacial score (nSPS) is 9.39. The van der Waals surface area contributed by atoms with Gasteiger partial charge in [-0.2, -0.15) is 50.5 Å². The van der Waals surface area contributed by atoms with Gasteiger partial charge in [-0.25, -0.2) is 0 Å². The highest BCUT2D eigenvalue weighted by Crippen LogP contribution is 2.21. The Balaban J connectivity index is -0.000000286. The number of hydrogen-bond donors (Lipinski definition) is 4. The van der Waals surface area contributed by atoms with Crippen LogP contribution >= 0.6 is 50.5 Å². The maximum absolute atomic E-state index is 11.6. The van der Waals surface area contributed by atoms with E-state index in [0.29, 0.717) is 23.0 Å². The van der Waals surface area contributed by atoms with E-state index in [0.717, 1.165) is 0 Å². The SMILES string of the molecule is C.C.C.C.C.C.C.C.O=C(CCS)OCCOCC(COCCOC(=O)CCS)(COCCOC(=O)CCS)COCCOC(=O)CCS. The van der Waals surface area contributed by atoms with Gasteiger partial charge in [-0.15, -0.1) is 0 Å². The van der Waals surface area contributed by atoms with Crippen LogP contribution in [-0.4, -0.2) is 126 Å². The molecule has 49 heavy (non-hydrogen) atoms. The Morgan fingerprint density at radius 3 is 0.694 bits per heavy atom. The van der Waals surface area contributed by atoms with Crippen LogP contribution in [0.25, 0.3) is 0 Å². The molecule has 16 heteroatoms. The first kappa shape index (κ1) is 69.8. The quantitative estimate of drug-likeness (QED) is 0.0294. The number of carbonyl (C=O) groups is 4. The van der Waals surface area contributed by atoms with Crippen molar-refractivity contribution in [1.82, 2.24) is 0 Å². The summed E-state index contributed by atoms with van der Waals surface area (Å²) < 4.78 is 43.5. The van der Waals surface area contributed by atoms with Crippen LogP contribution < -0.4 is 0 Å². The van der Waals surface area contributed by atoms with Crippen molar-refractivity contribution in [3.8, 4) is 0 Å². The molecule has 0 heterocycles. The molecule has 0 amide bonds. The molecule has 0 atom stereocenters. The number of rotatable bonds is 28. The van der Waals surface area contributed by atoms with Crippen LogP contribution in [0.4, 0.5) is 0 Å².